The fourth-order valence-electron chi connectivity index (χ4n) is 4.28. The van der Waals surface area contributed by atoms with Gasteiger partial charge >= 0.3 is 0 Å². The van der Waals surface area contributed by atoms with Gasteiger partial charge in [-0.2, -0.15) is 0 Å². The van der Waals surface area contributed by atoms with E-state index in [0.29, 0.717) is 0 Å². The molecule has 3 rings (SSSR count). The molecule has 0 radical (unpaired) electrons. The number of sulfonamides is 1. The van der Waals surface area contributed by atoms with Crippen LogP contribution < -0.4 is 9.62 Å². The summed E-state index contributed by atoms with van der Waals surface area (Å²) in [7, 11) is -3.94. The van der Waals surface area contributed by atoms with Crippen molar-refractivity contribution in [3.05, 3.63) is 62.6 Å². The molecule has 2 amide bonds. The number of halogens is 3. The minimum atomic E-state index is -3.94. The number of carbonyl (C=O) groups is 2. The molecule has 0 aromatic heterocycles. The molecule has 0 bridgehead atoms. The molecule has 0 heterocycles. The number of hydrogen-bond donors (Lipinski definition) is 1. The molecule has 7 nitrogen and oxygen atoms in total. The summed E-state index contributed by atoms with van der Waals surface area (Å²) >= 11 is 18.4. The van der Waals surface area contributed by atoms with E-state index in [1.165, 1.54) is 17.0 Å². The van der Waals surface area contributed by atoms with Crippen LogP contribution in [0.5, 0.6) is 0 Å². The Morgan fingerprint density at radius 1 is 1.06 bits per heavy atom. The molecular formula is C25H30Cl3N3O4S. The monoisotopic (exact) mass is 573 g/mol. The van der Waals surface area contributed by atoms with Crippen LogP contribution in [0.3, 0.4) is 0 Å². The molecule has 196 valence electrons. The lowest BCUT2D eigenvalue weighted by Crippen LogP contribution is -2.52. The summed E-state index contributed by atoms with van der Waals surface area (Å²) in [6, 6.07) is 9.47. The van der Waals surface area contributed by atoms with Gasteiger partial charge in [-0.25, -0.2) is 8.42 Å². The van der Waals surface area contributed by atoms with Crippen LogP contribution in [0.15, 0.2) is 36.4 Å². The van der Waals surface area contributed by atoms with Crippen molar-refractivity contribution in [1.29, 1.82) is 0 Å². The number of benzene rings is 2. The normalized spacial score (nSPS) is 14.9. The van der Waals surface area contributed by atoms with E-state index in [2.05, 4.69) is 5.32 Å². The summed E-state index contributed by atoms with van der Waals surface area (Å²) in [5.41, 5.74) is 1.85. The number of nitrogens with zero attached hydrogens (tertiary/aromatic N) is 2. The highest BCUT2D eigenvalue weighted by Gasteiger charge is 2.32. The summed E-state index contributed by atoms with van der Waals surface area (Å²) < 4.78 is 26.3. The molecule has 0 unspecified atom stereocenters. The van der Waals surface area contributed by atoms with E-state index in [1.54, 1.807) is 6.92 Å². The minimum absolute atomic E-state index is 0.0277. The van der Waals surface area contributed by atoms with E-state index < -0.39 is 28.5 Å². The van der Waals surface area contributed by atoms with Crippen LogP contribution in [-0.2, 0) is 26.2 Å². The van der Waals surface area contributed by atoms with Crippen molar-refractivity contribution >= 4 is 62.3 Å². The van der Waals surface area contributed by atoms with Gasteiger partial charge in [-0.15, -0.1) is 0 Å². The van der Waals surface area contributed by atoms with Gasteiger partial charge in [0, 0.05) is 12.6 Å². The maximum Gasteiger partial charge on any atom is 0.244 e. The zero-order chi connectivity index (χ0) is 26.6. The van der Waals surface area contributed by atoms with Crippen molar-refractivity contribution < 1.29 is 18.0 Å². The zero-order valence-corrected chi connectivity index (χ0v) is 23.5. The third-order valence-corrected chi connectivity index (χ3v) is 8.39. The summed E-state index contributed by atoms with van der Waals surface area (Å²) in [6.45, 7) is 3.15. The molecule has 0 aliphatic heterocycles. The van der Waals surface area contributed by atoms with Gasteiger partial charge in [-0.05, 0) is 44.4 Å². The van der Waals surface area contributed by atoms with Crippen LogP contribution in [0.4, 0.5) is 5.69 Å². The Balaban J connectivity index is 1.93. The van der Waals surface area contributed by atoms with E-state index >= 15 is 0 Å². The number of aryl methyl sites for hydroxylation is 1. The van der Waals surface area contributed by atoms with Crippen molar-refractivity contribution in [2.24, 2.45) is 0 Å². The minimum Gasteiger partial charge on any atom is -0.352 e. The van der Waals surface area contributed by atoms with Crippen LogP contribution in [0, 0.1) is 6.92 Å². The number of carbonyl (C=O) groups excluding carboxylic acids is 2. The van der Waals surface area contributed by atoms with Crippen LogP contribution >= 0.6 is 34.8 Å². The first kappa shape index (κ1) is 28.6. The van der Waals surface area contributed by atoms with Crippen LogP contribution in [-0.4, -0.2) is 50.0 Å². The fourth-order valence-corrected chi connectivity index (χ4v) is 5.83. The Kier molecular flexibility index (Phi) is 9.55. The van der Waals surface area contributed by atoms with E-state index in [4.69, 9.17) is 34.8 Å². The second-order valence-corrected chi connectivity index (χ2v) is 12.3. The third kappa shape index (κ3) is 7.28. The highest BCUT2D eigenvalue weighted by atomic mass is 35.5. The molecule has 1 atom stereocenters. The molecule has 11 heteroatoms. The summed E-state index contributed by atoms with van der Waals surface area (Å²) in [4.78, 5) is 28.1. The van der Waals surface area contributed by atoms with Gasteiger partial charge in [0.1, 0.15) is 12.6 Å². The molecule has 2 aromatic rings. The van der Waals surface area contributed by atoms with E-state index in [1.807, 2.05) is 31.2 Å². The Morgan fingerprint density at radius 2 is 1.69 bits per heavy atom. The third-order valence-electron chi connectivity index (χ3n) is 6.24. The Morgan fingerprint density at radius 3 is 2.31 bits per heavy atom. The topological polar surface area (TPSA) is 86.8 Å². The Labute approximate surface area is 227 Å². The molecule has 0 saturated heterocycles. The maximum absolute atomic E-state index is 13.6. The fraction of sp³-hybridized carbons (Fsp3) is 0.440. The molecular weight excluding hydrogens is 545 g/mol. The number of hydrogen-bond acceptors (Lipinski definition) is 4. The quantitative estimate of drug-likeness (QED) is 0.417. The lowest BCUT2D eigenvalue weighted by molar-refractivity contribution is -0.139. The maximum atomic E-state index is 13.6. The predicted octanol–water partition coefficient (Wildman–Crippen LogP) is 5.20. The number of amides is 2. The average Bonchev–Trinajstić information content (AvgIpc) is 3.30. The summed E-state index contributed by atoms with van der Waals surface area (Å²) in [6.07, 6.45) is 4.89. The first-order valence-corrected chi connectivity index (χ1v) is 14.6. The van der Waals surface area contributed by atoms with Gasteiger partial charge in [-0.1, -0.05) is 77.5 Å². The lowest BCUT2D eigenvalue weighted by Gasteiger charge is -2.32. The van der Waals surface area contributed by atoms with Crippen molar-refractivity contribution in [3.63, 3.8) is 0 Å². The molecule has 36 heavy (non-hydrogen) atoms. The van der Waals surface area contributed by atoms with E-state index in [-0.39, 0.29) is 39.2 Å². The summed E-state index contributed by atoms with van der Waals surface area (Å²) in [5, 5.41) is 3.31. The van der Waals surface area contributed by atoms with Crippen molar-refractivity contribution in [2.75, 3.05) is 17.1 Å². The van der Waals surface area contributed by atoms with Gasteiger partial charge in [0.05, 0.1) is 27.0 Å². The largest absolute Gasteiger partial charge is 0.352 e. The molecule has 1 aliphatic carbocycles. The molecule has 2 aromatic carbocycles. The molecule has 1 fully saturated rings. The number of nitrogens with one attached hydrogen (secondary N) is 1. The number of anilines is 1. The van der Waals surface area contributed by atoms with Gasteiger partial charge in [0.25, 0.3) is 0 Å². The predicted molar refractivity (Wildman–Crippen MR) is 145 cm³/mol. The van der Waals surface area contributed by atoms with Gasteiger partial charge < -0.3 is 10.2 Å². The second kappa shape index (κ2) is 12.0. The SMILES string of the molecule is Cc1cccc(CN(C(=O)CN(c2cc(Cl)c(Cl)cc2Cl)S(C)(=O)=O)[C@H](C)C(=O)NC2CCCC2)c1. The first-order chi connectivity index (χ1) is 16.9. The standard InChI is InChI=1S/C25H30Cl3N3O4S/c1-16-7-6-8-18(11-16)14-30(17(2)25(33)29-19-9-4-5-10-19)24(32)15-31(36(3,34)35)23-13-21(27)20(26)12-22(23)28/h6-8,11-13,17,19H,4-5,9-10,14-15H2,1-3H3,(H,29,33)/t17-/m1/s1. The highest BCUT2D eigenvalue weighted by Crippen LogP contribution is 2.35. The Bertz CT molecular complexity index is 1230. The molecule has 1 saturated carbocycles. The molecule has 1 N–H and O–H groups in total. The Hall–Kier alpha value is -2.00. The van der Waals surface area contributed by atoms with Gasteiger partial charge in [0.2, 0.25) is 21.8 Å². The molecule has 0 spiro atoms. The van der Waals surface area contributed by atoms with Crippen molar-refractivity contribution in [2.45, 2.75) is 58.2 Å². The highest BCUT2D eigenvalue weighted by molar-refractivity contribution is 7.92. The summed E-state index contributed by atoms with van der Waals surface area (Å²) in [5.74, 6) is -0.834. The zero-order valence-electron chi connectivity index (χ0n) is 20.4. The van der Waals surface area contributed by atoms with Crippen LogP contribution in [0.1, 0.15) is 43.7 Å². The van der Waals surface area contributed by atoms with E-state index in [9.17, 15) is 18.0 Å². The lowest BCUT2D eigenvalue weighted by atomic mass is 10.1. The van der Waals surface area contributed by atoms with E-state index in [0.717, 1.165) is 47.4 Å². The van der Waals surface area contributed by atoms with Crippen LogP contribution in [0.25, 0.3) is 0 Å². The number of rotatable bonds is 9. The van der Waals surface area contributed by atoms with Gasteiger partial charge in [-0.3, -0.25) is 13.9 Å². The van der Waals surface area contributed by atoms with Gasteiger partial charge in [0.15, 0.2) is 0 Å². The second-order valence-electron chi connectivity index (χ2n) is 9.16. The molecule has 1 aliphatic rings. The first-order valence-electron chi connectivity index (χ1n) is 11.6. The van der Waals surface area contributed by atoms with Crippen LogP contribution in [0.2, 0.25) is 15.1 Å². The van der Waals surface area contributed by atoms with Crippen molar-refractivity contribution in [1.82, 2.24) is 10.2 Å². The smallest absolute Gasteiger partial charge is 0.244 e. The average molecular weight is 575 g/mol. The van der Waals surface area contributed by atoms with Crippen molar-refractivity contribution in [3.8, 4) is 0 Å².